The van der Waals surface area contributed by atoms with Crippen molar-refractivity contribution >= 4 is 17.1 Å². The average molecular weight is 395 g/mol. The zero-order valence-corrected chi connectivity index (χ0v) is 16.4. The standard InChI is InChI=1S/C21H25N5O3/c1-28-19-7-3-2-5-15(19)18(25-9-11-29-12-10-25)14-23-20-16(21(22)27)13-24-26-8-4-6-17(20)26/h2-8,13,18,23H,9-12,14H2,1H3,(H2,22,27). The van der Waals surface area contributed by atoms with Crippen molar-refractivity contribution < 1.29 is 14.3 Å². The summed E-state index contributed by atoms with van der Waals surface area (Å²) < 4.78 is 12.9. The molecule has 1 unspecified atom stereocenters. The van der Waals surface area contributed by atoms with Crippen LogP contribution in [0.4, 0.5) is 5.69 Å². The Morgan fingerprint density at radius 3 is 2.83 bits per heavy atom. The fraction of sp³-hybridized carbons (Fsp3) is 0.333. The Morgan fingerprint density at radius 1 is 1.28 bits per heavy atom. The van der Waals surface area contributed by atoms with Crippen LogP contribution in [0, 0.1) is 0 Å². The van der Waals surface area contributed by atoms with Gasteiger partial charge in [-0.05, 0) is 18.2 Å². The smallest absolute Gasteiger partial charge is 0.252 e. The van der Waals surface area contributed by atoms with Crippen molar-refractivity contribution in [1.82, 2.24) is 14.5 Å². The first-order valence-corrected chi connectivity index (χ1v) is 9.64. The van der Waals surface area contributed by atoms with Crippen LogP contribution in [0.15, 0.2) is 48.8 Å². The number of benzene rings is 1. The van der Waals surface area contributed by atoms with E-state index in [9.17, 15) is 4.79 Å². The maximum atomic E-state index is 12.0. The Labute approximate surface area is 169 Å². The zero-order valence-electron chi connectivity index (χ0n) is 16.4. The lowest BCUT2D eigenvalue weighted by atomic mass is 10.0. The van der Waals surface area contributed by atoms with Gasteiger partial charge in [0, 0.05) is 31.4 Å². The third-order valence-electron chi connectivity index (χ3n) is 5.29. The molecular formula is C21H25N5O3. The van der Waals surface area contributed by atoms with Crippen molar-refractivity contribution in [3.63, 3.8) is 0 Å². The second-order valence-corrected chi connectivity index (χ2v) is 6.92. The third-order valence-corrected chi connectivity index (χ3v) is 5.29. The molecule has 1 saturated heterocycles. The lowest BCUT2D eigenvalue weighted by Gasteiger charge is -2.35. The molecule has 1 aliphatic heterocycles. The van der Waals surface area contributed by atoms with E-state index >= 15 is 0 Å². The summed E-state index contributed by atoms with van der Waals surface area (Å²) in [4.78, 5) is 14.4. The Morgan fingerprint density at radius 2 is 2.07 bits per heavy atom. The highest BCUT2D eigenvalue weighted by Crippen LogP contribution is 2.31. The quantitative estimate of drug-likeness (QED) is 0.635. The molecule has 0 bridgehead atoms. The van der Waals surface area contributed by atoms with Crippen molar-refractivity contribution in [1.29, 1.82) is 0 Å². The summed E-state index contributed by atoms with van der Waals surface area (Å²) in [5, 5.41) is 7.73. The molecule has 1 amide bonds. The molecule has 1 fully saturated rings. The van der Waals surface area contributed by atoms with Crippen molar-refractivity contribution in [2.45, 2.75) is 6.04 Å². The number of carbonyl (C=O) groups excluding carboxylic acids is 1. The Balaban J connectivity index is 1.69. The number of morpholine rings is 1. The first-order chi connectivity index (χ1) is 14.2. The number of nitrogens with one attached hydrogen (secondary N) is 1. The lowest BCUT2D eigenvalue weighted by Crippen LogP contribution is -2.41. The number of para-hydroxylation sites is 1. The molecule has 4 rings (SSSR count). The van der Waals surface area contributed by atoms with E-state index in [4.69, 9.17) is 15.2 Å². The van der Waals surface area contributed by atoms with E-state index in [0.717, 1.165) is 29.9 Å². The van der Waals surface area contributed by atoms with Crippen LogP contribution < -0.4 is 15.8 Å². The van der Waals surface area contributed by atoms with Crippen LogP contribution in [0.5, 0.6) is 5.75 Å². The normalized spacial score (nSPS) is 15.9. The molecule has 0 spiro atoms. The highest BCUT2D eigenvalue weighted by atomic mass is 16.5. The molecule has 3 aromatic rings. The van der Waals surface area contributed by atoms with Gasteiger partial charge in [0.05, 0.1) is 49.3 Å². The fourth-order valence-corrected chi connectivity index (χ4v) is 3.83. The molecule has 1 aliphatic rings. The molecule has 1 atom stereocenters. The summed E-state index contributed by atoms with van der Waals surface area (Å²) in [6.07, 6.45) is 3.34. The number of aromatic nitrogens is 2. The second kappa shape index (κ2) is 8.50. The van der Waals surface area contributed by atoms with E-state index in [1.54, 1.807) is 11.6 Å². The number of carbonyl (C=O) groups is 1. The highest BCUT2D eigenvalue weighted by Gasteiger charge is 2.26. The minimum Gasteiger partial charge on any atom is -0.496 e. The van der Waals surface area contributed by atoms with Crippen molar-refractivity contribution in [2.24, 2.45) is 5.73 Å². The van der Waals surface area contributed by atoms with Gasteiger partial charge in [-0.25, -0.2) is 4.52 Å². The SMILES string of the molecule is COc1ccccc1C(CNc1c(C(N)=O)cnn2cccc12)N1CCOCC1. The number of methoxy groups -OCH3 is 1. The summed E-state index contributed by atoms with van der Waals surface area (Å²) in [6.45, 7) is 3.60. The number of rotatable bonds is 7. The Hall–Kier alpha value is -3.10. The summed E-state index contributed by atoms with van der Waals surface area (Å²) in [7, 11) is 1.68. The van der Waals surface area contributed by atoms with Crippen LogP contribution in [-0.4, -0.2) is 60.4 Å². The number of hydrogen-bond donors (Lipinski definition) is 2. The summed E-state index contributed by atoms with van der Waals surface area (Å²) in [6, 6.07) is 11.9. The topological polar surface area (TPSA) is 94.1 Å². The van der Waals surface area contributed by atoms with Gasteiger partial charge in [0.25, 0.3) is 5.91 Å². The minimum atomic E-state index is -0.510. The first-order valence-electron chi connectivity index (χ1n) is 9.64. The van der Waals surface area contributed by atoms with Crippen LogP contribution in [0.1, 0.15) is 22.0 Å². The maximum absolute atomic E-state index is 12.0. The van der Waals surface area contributed by atoms with Crippen LogP contribution in [0.2, 0.25) is 0 Å². The van der Waals surface area contributed by atoms with Gasteiger partial charge in [-0.2, -0.15) is 5.10 Å². The van der Waals surface area contributed by atoms with Crippen LogP contribution >= 0.6 is 0 Å². The van der Waals surface area contributed by atoms with Crippen molar-refractivity contribution in [3.8, 4) is 5.75 Å². The van der Waals surface area contributed by atoms with E-state index in [1.165, 1.54) is 6.20 Å². The molecular weight excluding hydrogens is 370 g/mol. The molecule has 8 nitrogen and oxygen atoms in total. The number of nitrogens with two attached hydrogens (primary N) is 1. The van der Waals surface area contributed by atoms with Crippen LogP contribution in [0.25, 0.3) is 5.52 Å². The highest BCUT2D eigenvalue weighted by molar-refractivity contribution is 6.01. The number of anilines is 1. The van der Waals surface area contributed by atoms with Crippen LogP contribution in [-0.2, 0) is 4.74 Å². The maximum Gasteiger partial charge on any atom is 0.252 e. The molecule has 0 aliphatic carbocycles. The summed E-state index contributed by atoms with van der Waals surface area (Å²) in [5.74, 6) is 0.326. The monoisotopic (exact) mass is 395 g/mol. The van der Waals surface area contributed by atoms with Gasteiger partial charge in [-0.15, -0.1) is 0 Å². The number of primary amides is 1. The molecule has 2 aromatic heterocycles. The van der Waals surface area contributed by atoms with Gasteiger partial charge in [0.15, 0.2) is 0 Å². The van der Waals surface area contributed by atoms with Gasteiger partial charge in [-0.1, -0.05) is 18.2 Å². The molecule has 29 heavy (non-hydrogen) atoms. The zero-order chi connectivity index (χ0) is 20.2. The van der Waals surface area contributed by atoms with E-state index in [1.807, 2.05) is 36.5 Å². The van der Waals surface area contributed by atoms with E-state index < -0.39 is 5.91 Å². The number of nitrogens with zero attached hydrogens (tertiary/aromatic N) is 3. The second-order valence-electron chi connectivity index (χ2n) is 6.92. The molecule has 1 aromatic carbocycles. The van der Waals surface area contributed by atoms with Crippen LogP contribution in [0.3, 0.4) is 0 Å². The van der Waals surface area contributed by atoms with Crippen molar-refractivity contribution in [2.75, 3.05) is 45.3 Å². The Kier molecular flexibility index (Phi) is 5.64. The van der Waals surface area contributed by atoms with Gasteiger partial charge in [-0.3, -0.25) is 9.69 Å². The van der Waals surface area contributed by atoms with E-state index in [2.05, 4.69) is 21.4 Å². The molecule has 152 valence electrons. The van der Waals surface area contributed by atoms with Gasteiger partial charge in [0.1, 0.15) is 5.75 Å². The third kappa shape index (κ3) is 3.90. The molecule has 0 saturated carbocycles. The fourth-order valence-electron chi connectivity index (χ4n) is 3.83. The minimum absolute atomic E-state index is 0.0407. The summed E-state index contributed by atoms with van der Waals surface area (Å²) >= 11 is 0. The van der Waals surface area contributed by atoms with Gasteiger partial charge in [0.2, 0.25) is 0 Å². The number of fused-ring (bicyclic) bond motifs is 1. The van der Waals surface area contributed by atoms with E-state index in [-0.39, 0.29) is 6.04 Å². The lowest BCUT2D eigenvalue weighted by molar-refractivity contribution is 0.0183. The first kappa shape index (κ1) is 19.2. The predicted molar refractivity (Wildman–Crippen MR) is 110 cm³/mol. The van der Waals surface area contributed by atoms with E-state index in [0.29, 0.717) is 31.0 Å². The number of hydrogen-bond acceptors (Lipinski definition) is 6. The largest absolute Gasteiger partial charge is 0.496 e. The molecule has 3 N–H and O–H groups in total. The number of ether oxygens (including phenoxy) is 2. The summed E-state index contributed by atoms with van der Waals surface area (Å²) in [5.41, 5.74) is 8.56. The Bertz CT molecular complexity index is 997. The van der Waals surface area contributed by atoms with Gasteiger partial charge < -0.3 is 20.5 Å². The molecule has 0 radical (unpaired) electrons. The average Bonchev–Trinajstić information content (AvgIpc) is 3.24. The van der Waals surface area contributed by atoms with Gasteiger partial charge >= 0.3 is 0 Å². The number of amides is 1. The predicted octanol–water partition coefficient (Wildman–Crippen LogP) is 1.93. The molecule has 8 heteroatoms. The molecule has 3 heterocycles. The van der Waals surface area contributed by atoms with Crippen molar-refractivity contribution in [3.05, 3.63) is 59.9 Å².